The maximum atomic E-state index is 13.4. The van der Waals surface area contributed by atoms with Crippen LogP contribution in [0.5, 0.6) is 0 Å². The van der Waals surface area contributed by atoms with Gasteiger partial charge >= 0.3 is 0 Å². The topological polar surface area (TPSA) is 26.0 Å². The summed E-state index contributed by atoms with van der Waals surface area (Å²) >= 11 is 1.23. The van der Waals surface area contributed by atoms with Crippen LogP contribution in [0.2, 0.25) is 0 Å². The van der Waals surface area contributed by atoms with Gasteiger partial charge in [-0.25, -0.2) is 8.78 Å². The molecular weight excluding hydrogens is 228 g/mol. The molecule has 4 heteroatoms. The predicted molar refractivity (Wildman–Crippen MR) is 61.3 cm³/mol. The number of anilines is 1. The minimum absolute atomic E-state index is 0.304. The number of rotatable bonds is 2. The van der Waals surface area contributed by atoms with Crippen LogP contribution in [-0.2, 0) is 0 Å². The fourth-order valence-electron chi connectivity index (χ4n) is 1.23. The summed E-state index contributed by atoms with van der Waals surface area (Å²) in [6.07, 6.45) is 0. The molecule has 2 N–H and O–H groups in total. The Labute approximate surface area is 96.3 Å². The second-order valence-corrected chi connectivity index (χ2v) is 4.36. The van der Waals surface area contributed by atoms with Gasteiger partial charge in [0.05, 0.1) is 0 Å². The summed E-state index contributed by atoms with van der Waals surface area (Å²) in [5, 5.41) is 0. The Morgan fingerprint density at radius 3 is 2.25 bits per heavy atom. The Hall–Kier alpha value is -1.55. The molecule has 2 aromatic rings. The third-order valence-electron chi connectivity index (χ3n) is 2.00. The van der Waals surface area contributed by atoms with Gasteiger partial charge in [0.2, 0.25) is 0 Å². The maximum absolute atomic E-state index is 13.4. The first-order valence-electron chi connectivity index (χ1n) is 4.63. The molecule has 0 saturated heterocycles. The van der Waals surface area contributed by atoms with Crippen LogP contribution in [0.25, 0.3) is 0 Å². The Kier molecular flexibility index (Phi) is 3.10. The van der Waals surface area contributed by atoms with Crippen molar-refractivity contribution in [3.05, 3.63) is 54.1 Å². The van der Waals surface area contributed by atoms with Crippen LogP contribution >= 0.6 is 11.8 Å². The predicted octanol–water partition coefficient (Wildman–Crippen LogP) is 3.70. The fraction of sp³-hybridized carbons (Fsp3) is 0. The number of halogens is 2. The van der Waals surface area contributed by atoms with Crippen LogP contribution < -0.4 is 5.73 Å². The van der Waals surface area contributed by atoms with Gasteiger partial charge in [-0.2, -0.15) is 0 Å². The molecule has 0 spiro atoms. The largest absolute Gasteiger partial charge is 0.399 e. The van der Waals surface area contributed by atoms with Crippen molar-refractivity contribution in [3.63, 3.8) is 0 Å². The summed E-state index contributed by atoms with van der Waals surface area (Å²) < 4.78 is 26.1. The molecule has 2 aromatic carbocycles. The average Bonchev–Trinajstić information content (AvgIpc) is 2.25. The number of nitrogen functional groups attached to an aromatic ring is 1. The molecule has 0 radical (unpaired) electrons. The molecule has 0 unspecified atom stereocenters. The van der Waals surface area contributed by atoms with Gasteiger partial charge < -0.3 is 5.73 Å². The summed E-state index contributed by atoms with van der Waals surface area (Å²) in [6, 6.07) is 10.4. The minimum Gasteiger partial charge on any atom is -0.399 e. The summed E-state index contributed by atoms with van der Waals surface area (Å²) in [6.45, 7) is 0. The van der Waals surface area contributed by atoms with Crippen molar-refractivity contribution in [2.24, 2.45) is 0 Å². The zero-order valence-corrected chi connectivity index (χ0v) is 9.10. The Morgan fingerprint density at radius 2 is 1.62 bits per heavy atom. The third kappa shape index (κ3) is 2.52. The van der Waals surface area contributed by atoms with Gasteiger partial charge in [-0.05, 0) is 42.5 Å². The van der Waals surface area contributed by atoms with Crippen molar-refractivity contribution in [3.8, 4) is 0 Å². The molecule has 0 heterocycles. The fourth-order valence-corrected chi connectivity index (χ4v) is 2.05. The molecule has 82 valence electrons. The highest BCUT2D eigenvalue weighted by Crippen LogP contribution is 2.30. The van der Waals surface area contributed by atoms with Crippen LogP contribution in [0.15, 0.2) is 52.3 Å². The molecule has 0 bridgehead atoms. The zero-order valence-electron chi connectivity index (χ0n) is 8.28. The first-order chi connectivity index (χ1) is 7.65. The van der Waals surface area contributed by atoms with Crippen LogP contribution in [0, 0.1) is 11.6 Å². The number of hydrogen-bond acceptors (Lipinski definition) is 2. The van der Waals surface area contributed by atoms with Crippen molar-refractivity contribution >= 4 is 17.4 Å². The highest BCUT2D eigenvalue weighted by Gasteiger charge is 2.04. The van der Waals surface area contributed by atoms with Crippen molar-refractivity contribution in [1.29, 1.82) is 0 Å². The van der Waals surface area contributed by atoms with Gasteiger partial charge in [-0.1, -0.05) is 11.8 Å². The lowest BCUT2D eigenvalue weighted by atomic mass is 10.3. The number of benzene rings is 2. The van der Waals surface area contributed by atoms with E-state index in [-0.39, 0.29) is 11.6 Å². The Bertz CT molecular complexity index is 497. The molecule has 16 heavy (non-hydrogen) atoms. The lowest BCUT2D eigenvalue weighted by molar-refractivity contribution is 0.602. The van der Waals surface area contributed by atoms with Crippen LogP contribution in [-0.4, -0.2) is 0 Å². The van der Waals surface area contributed by atoms with Crippen molar-refractivity contribution < 1.29 is 8.78 Å². The quantitative estimate of drug-likeness (QED) is 0.806. The van der Waals surface area contributed by atoms with E-state index in [0.717, 1.165) is 4.90 Å². The van der Waals surface area contributed by atoms with E-state index >= 15 is 0 Å². The molecule has 0 aliphatic heterocycles. The van der Waals surface area contributed by atoms with Gasteiger partial charge in [-0.3, -0.25) is 0 Å². The van der Waals surface area contributed by atoms with E-state index < -0.39 is 0 Å². The summed E-state index contributed by atoms with van der Waals surface area (Å²) in [4.78, 5) is 1.26. The van der Waals surface area contributed by atoms with E-state index in [1.54, 1.807) is 24.3 Å². The van der Waals surface area contributed by atoms with Gasteiger partial charge in [0.1, 0.15) is 11.6 Å². The lowest BCUT2D eigenvalue weighted by Gasteiger charge is -2.03. The van der Waals surface area contributed by atoms with E-state index in [0.29, 0.717) is 10.6 Å². The molecule has 0 aliphatic rings. The van der Waals surface area contributed by atoms with E-state index in [4.69, 9.17) is 5.73 Å². The minimum atomic E-state index is -0.366. The smallest absolute Gasteiger partial charge is 0.139 e. The molecule has 0 fully saturated rings. The highest BCUT2D eigenvalue weighted by molar-refractivity contribution is 7.99. The van der Waals surface area contributed by atoms with Gasteiger partial charge in [0.25, 0.3) is 0 Å². The molecule has 1 nitrogen and oxygen atoms in total. The second-order valence-electron chi connectivity index (χ2n) is 3.25. The first kappa shape index (κ1) is 11.0. The molecule has 0 aliphatic carbocycles. The molecule has 0 aromatic heterocycles. The number of hydrogen-bond donors (Lipinski definition) is 1. The third-order valence-corrected chi connectivity index (χ3v) is 3.06. The van der Waals surface area contributed by atoms with Crippen molar-refractivity contribution in [2.75, 3.05) is 5.73 Å². The average molecular weight is 237 g/mol. The highest BCUT2D eigenvalue weighted by atomic mass is 32.2. The van der Waals surface area contributed by atoms with E-state index in [2.05, 4.69) is 0 Å². The molecule has 0 amide bonds. The van der Waals surface area contributed by atoms with Gasteiger partial charge in [0.15, 0.2) is 0 Å². The Morgan fingerprint density at radius 1 is 0.938 bits per heavy atom. The van der Waals surface area contributed by atoms with E-state index in [1.807, 2.05) is 0 Å². The SMILES string of the molecule is Nc1ccc(Sc2ccc(F)cc2)c(F)c1. The van der Waals surface area contributed by atoms with Crippen LogP contribution in [0.3, 0.4) is 0 Å². The summed E-state index contributed by atoms with van der Waals surface area (Å²) in [5.41, 5.74) is 5.83. The molecule has 0 atom stereocenters. The van der Waals surface area contributed by atoms with Gasteiger partial charge in [0, 0.05) is 15.5 Å². The van der Waals surface area contributed by atoms with Crippen LogP contribution in [0.4, 0.5) is 14.5 Å². The first-order valence-corrected chi connectivity index (χ1v) is 5.45. The number of nitrogens with two attached hydrogens (primary N) is 1. The second kappa shape index (κ2) is 4.53. The van der Waals surface area contributed by atoms with E-state index in [1.165, 1.54) is 30.0 Å². The normalized spacial score (nSPS) is 10.4. The van der Waals surface area contributed by atoms with Gasteiger partial charge in [-0.15, -0.1) is 0 Å². The lowest BCUT2D eigenvalue weighted by Crippen LogP contribution is -1.87. The zero-order chi connectivity index (χ0) is 11.5. The summed E-state index contributed by atoms with van der Waals surface area (Å²) in [7, 11) is 0. The molecular formula is C12H9F2NS. The van der Waals surface area contributed by atoms with Crippen molar-refractivity contribution in [2.45, 2.75) is 9.79 Å². The van der Waals surface area contributed by atoms with E-state index in [9.17, 15) is 8.78 Å². The summed E-state index contributed by atoms with van der Waals surface area (Å²) in [5.74, 6) is -0.670. The van der Waals surface area contributed by atoms with Crippen molar-refractivity contribution in [1.82, 2.24) is 0 Å². The molecule has 2 rings (SSSR count). The monoisotopic (exact) mass is 237 g/mol. The standard InChI is InChI=1S/C12H9F2NS/c13-8-1-4-10(5-2-8)16-12-6-3-9(15)7-11(12)14/h1-7H,15H2. The van der Waals surface area contributed by atoms with Crippen LogP contribution in [0.1, 0.15) is 0 Å². The molecule has 0 saturated carbocycles. The Balaban J connectivity index is 2.23. The maximum Gasteiger partial charge on any atom is 0.139 e.